The second kappa shape index (κ2) is 7.99. The summed E-state index contributed by atoms with van der Waals surface area (Å²) in [5, 5.41) is 0. The minimum atomic E-state index is -0.278. The van der Waals surface area contributed by atoms with Crippen molar-refractivity contribution in [3.63, 3.8) is 0 Å². The summed E-state index contributed by atoms with van der Waals surface area (Å²) in [7, 11) is 0. The third-order valence-electron chi connectivity index (χ3n) is 1.82. The molecule has 0 bridgehead atoms. The standard InChI is InChI=1S/C9H20FN/c1-3-5-7-11(9-10)8-6-4-2/h3-9H2,1-2H3. The lowest BCUT2D eigenvalue weighted by Gasteiger charge is -2.16. The van der Waals surface area contributed by atoms with E-state index in [1.807, 2.05) is 4.90 Å². The molecule has 0 rings (SSSR count). The van der Waals surface area contributed by atoms with Crippen molar-refractivity contribution in [2.75, 3.05) is 19.9 Å². The van der Waals surface area contributed by atoms with Crippen LogP contribution < -0.4 is 0 Å². The Kier molecular flexibility index (Phi) is 7.91. The lowest BCUT2D eigenvalue weighted by Crippen LogP contribution is -2.24. The summed E-state index contributed by atoms with van der Waals surface area (Å²) < 4.78 is 12.2. The van der Waals surface area contributed by atoms with Crippen molar-refractivity contribution in [2.45, 2.75) is 39.5 Å². The summed E-state index contributed by atoms with van der Waals surface area (Å²) in [6.07, 6.45) is 4.55. The van der Waals surface area contributed by atoms with Gasteiger partial charge in [-0.3, -0.25) is 4.90 Å². The van der Waals surface area contributed by atoms with E-state index in [1.54, 1.807) is 0 Å². The molecule has 0 saturated heterocycles. The first-order valence-electron chi connectivity index (χ1n) is 4.63. The zero-order chi connectivity index (χ0) is 8.53. The summed E-state index contributed by atoms with van der Waals surface area (Å²) in [5.41, 5.74) is 0. The number of halogens is 1. The average Bonchev–Trinajstić information content (AvgIpc) is 2.05. The molecule has 0 amide bonds. The van der Waals surface area contributed by atoms with Crippen molar-refractivity contribution < 1.29 is 4.39 Å². The van der Waals surface area contributed by atoms with Crippen LogP contribution in [0, 0.1) is 0 Å². The molecule has 0 aromatic rings. The van der Waals surface area contributed by atoms with E-state index in [-0.39, 0.29) is 6.80 Å². The van der Waals surface area contributed by atoms with Crippen molar-refractivity contribution in [3.05, 3.63) is 0 Å². The van der Waals surface area contributed by atoms with E-state index in [0.29, 0.717) is 0 Å². The van der Waals surface area contributed by atoms with Crippen LogP contribution in [0.2, 0.25) is 0 Å². The fraction of sp³-hybridized carbons (Fsp3) is 1.00. The number of nitrogens with zero attached hydrogens (tertiary/aromatic N) is 1. The molecular weight excluding hydrogens is 141 g/mol. The molecule has 0 aromatic heterocycles. The van der Waals surface area contributed by atoms with Crippen molar-refractivity contribution in [1.29, 1.82) is 0 Å². The van der Waals surface area contributed by atoms with Gasteiger partial charge in [0.2, 0.25) is 0 Å². The quantitative estimate of drug-likeness (QED) is 0.519. The van der Waals surface area contributed by atoms with Crippen LogP contribution >= 0.6 is 0 Å². The van der Waals surface area contributed by atoms with Crippen LogP contribution in [0.5, 0.6) is 0 Å². The molecule has 0 heterocycles. The maximum atomic E-state index is 12.2. The normalized spacial score (nSPS) is 10.9. The molecule has 0 radical (unpaired) electrons. The third-order valence-corrected chi connectivity index (χ3v) is 1.82. The highest BCUT2D eigenvalue weighted by molar-refractivity contribution is 4.51. The molecule has 0 unspecified atom stereocenters. The predicted molar refractivity (Wildman–Crippen MR) is 47.4 cm³/mol. The highest BCUT2D eigenvalue weighted by Crippen LogP contribution is 1.98. The first-order valence-corrected chi connectivity index (χ1v) is 4.63. The van der Waals surface area contributed by atoms with Gasteiger partial charge in [0.25, 0.3) is 0 Å². The molecule has 0 spiro atoms. The van der Waals surface area contributed by atoms with E-state index in [9.17, 15) is 4.39 Å². The van der Waals surface area contributed by atoms with Crippen LogP contribution in [0.3, 0.4) is 0 Å². The van der Waals surface area contributed by atoms with Crippen molar-refractivity contribution in [3.8, 4) is 0 Å². The Morgan fingerprint density at radius 2 is 1.45 bits per heavy atom. The van der Waals surface area contributed by atoms with E-state index in [1.165, 1.54) is 0 Å². The summed E-state index contributed by atoms with van der Waals surface area (Å²) in [5.74, 6) is 0. The zero-order valence-corrected chi connectivity index (χ0v) is 7.77. The highest BCUT2D eigenvalue weighted by Gasteiger charge is 2.00. The molecule has 0 atom stereocenters. The van der Waals surface area contributed by atoms with E-state index in [0.717, 1.165) is 38.8 Å². The minimum absolute atomic E-state index is 0.278. The Morgan fingerprint density at radius 1 is 1.00 bits per heavy atom. The van der Waals surface area contributed by atoms with Crippen LogP contribution in [0.1, 0.15) is 39.5 Å². The molecule has 0 aliphatic rings. The van der Waals surface area contributed by atoms with E-state index in [4.69, 9.17) is 0 Å². The van der Waals surface area contributed by atoms with E-state index in [2.05, 4.69) is 13.8 Å². The Labute approximate surface area is 69.6 Å². The number of hydrogen-bond acceptors (Lipinski definition) is 1. The smallest absolute Gasteiger partial charge is 0.143 e. The fourth-order valence-corrected chi connectivity index (χ4v) is 0.995. The maximum Gasteiger partial charge on any atom is 0.143 e. The van der Waals surface area contributed by atoms with Crippen LogP contribution in [0.25, 0.3) is 0 Å². The van der Waals surface area contributed by atoms with Crippen LogP contribution in [-0.2, 0) is 0 Å². The second-order valence-electron chi connectivity index (χ2n) is 2.94. The molecule has 68 valence electrons. The van der Waals surface area contributed by atoms with Gasteiger partial charge < -0.3 is 0 Å². The molecule has 0 aliphatic carbocycles. The van der Waals surface area contributed by atoms with Gasteiger partial charge in [-0.1, -0.05) is 26.7 Å². The molecule has 2 heteroatoms. The van der Waals surface area contributed by atoms with Gasteiger partial charge in [-0.2, -0.15) is 0 Å². The number of hydrogen-bond donors (Lipinski definition) is 0. The molecule has 11 heavy (non-hydrogen) atoms. The topological polar surface area (TPSA) is 3.24 Å². The van der Waals surface area contributed by atoms with Crippen LogP contribution in [-0.4, -0.2) is 24.8 Å². The van der Waals surface area contributed by atoms with Gasteiger partial charge in [-0.05, 0) is 12.8 Å². The van der Waals surface area contributed by atoms with Crippen LogP contribution in [0.15, 0.2) is 0 Å². The van der Waals surface area contributed by atoms with Gasteiger partial charge >= 0.3 is 0 Å². The van der Waals surface area contributed by atoms with Gasteiger partial charge in [-0.15, -0.1) is 0 Å². The SMILES string of the molecule is CCCCN(CF)CCCC. The summed E-state index contributed by atoms with van der Waals surface area (Å²) in [4.78, 5) is 1.88. The number of rotatable bonds is 7. The Bertz CT molecular complexity index is 68.0. The molecule has 1 nitrogen and oxygen atoms in total. The molecule has 0 aromatic carbocycles. The van der Waals surface area contributed by atoms with Crippen LogP contribution in [0.4, 0.5) is 4.39 Å². The number of alkyl halides is 1. The lowest BCUT2D eigenvalue weighted by molar-refractivity contribution is 0.180. The summed E-state index contributed by atoms with van der Waals surface area (Å²) in [6.45, 7) is 5.84. The molecule has 0 fully saturated rings. The second-order valence-corrected chi connectivity index (χ2v) is 2.94. The Balaban J connectivity index is 3.25. The Morgan fingerprint density at radius 3 is 1.73 bits per heavy atom. The first kappa shape index (κ1) is 10.9. The van der Waals surface area contributed by atoms with Gasteiger partial charge in [0, 0.05) is 13.1 Å². The first-order chi connectivity index (χ1) is 5.35. The van der Waals surface area contributed by atoms with Gasteiger partial charge in [0.15, 0.2) is 0 Å². The summed E-state index contributed by atoms with van der Waals surface area (Å²) in [6, 6.07) is 0. The highest BCUT2D eigenvalue weighted by atomic mass is 19.1. The molecule has 0 aliphatic heterocycles. The van der Waals surface area contributed by atoms with E-state index >= 15 is 0 Å². The predicted octanol–water partition coefficient (Wildman–Crippen LogP) is 2.82. The maximum absolute atomic E-state index is 12.2. The van der Waals surface area contributed by atoms with Crippen molar-refractivity contribution in [2.24, 2.45) is 0 Å². The van der Waals surface area contributed by atoms with Gasteiger partial charge in [0.05, 0.1) is 0 Å². The molecule has 0 N–H and O–H groups in total. The van der Waals surface area contributed by atoms with Crippen molar-refractivity contribution in [1.82, 2.24) is 4.90 Å². The van der Waals surface area contributed by atoms with E-state index < -0.39 is 0 Å². The number of unbranched alkanes of at least 4 members (excludes halogenated alkanes) is 2. The average molecular weight is 161 g/mol. The molecular formula is C9H20FN. The van der Waals surface area contributed by atoms with Gasteiger partial charge in [-0.25, -0.2) is 4.39 Å². The van der Waals surface area contributed by atoms with Crippen molar-refractivity contribution >= 4 is 0 Å². The van der Waals surface area contributed by atoms with Gasteiger partial charge in [0.1, 0.15) is 6.80 Å². The summed E-state index contributed by atoms with van der Waals surface area (Å²) >= 11 is 0. The molecule has 0 saturated carbocycles. The minimum Gasteiger partial charge on any atom is -0.277 e. The third kappa shape index (κ3) is 6.29. The lowest BCUT2D eigenvalue weighted by atomic mass is 10.3. The fourth-order valence-electron chi connectivity index (χ4n) is 0.995. The monoisotopic (exact) mass is 161 g/mol. The largest absolute Gasteiger partial charge is 0.277 e. The Hall–Kier alpha value is -0.110. The zero-order valence-electron chi connectivity index (χ0n) is 7.77.